The van der Waals surface area contributed by atoms with Crippen LogP contribution in [0.2, 0.25) is 0 Å². The summed E-state index contributed by atoms with van der Waals surface area (Å²) in [4.78, 5) is 17.7. The number of aromatic nitrogens is 5. The van der Waals surface area contributed by atoms with Crippen LogP contribution in [0.4, 0.5) is 0 Å². The average Bonchev–Trinajstić information content (AvgIpc) is 3.77. The molecule has 43 heavy (non-hydrogen) atoms. The van der Waals surface area contributed by atoms with Crippen molar-refractivity contribution in [3.05, 3.63) is 140 Å². The molecule has 0 saturated heterocycles. The molecule has 0 bridgehead atoms. The summed E-state index contributed by atoms with van der Waals surface area (Å²) in [5.41, 5.74) is 11.2. The Morgan fingerprint density at radius 2 is 0.884 bits per heavy atom. The molecule has 204 valence electrons. The van der Waals surface area contributed by atoms with Crippen molar-refractivity contribution in [2.75, 3.05) is 0 Å². The number of para-hydroxylation sites is 2. The van der Waals surface area contributed by atoms with Gasteiger partial charge in [0.1, 0.15) is 7.05 Å². The first-order chi connectivity index (χ1) is 21.2. The fraction of sp³-hybridized carbons (Fsp3) is 0.0263. The molecule has 8 rings (SSSR count). The Kier molecular flexibility index (Phi) is 5.93. The number of hydrogen-bond acceptors (Lipinski definition) is 2. The third-order valence-electron chi connectivity index (χ3n) is 8.11. The van der Waals surface area contributed by atoms with Gasteiger partial charge in [0.25, 0.3) is 0 Å². The second-order valence-corrected chi connectivity index (χ2v) is 10.7. The van der Waals surface area contributed by atoms with Gasteiger partial charge in [-0.25, -0.2) is 9.97 Å². The van der Waals surface area contributed by atoms with Gasteiger partial charge in [-0.05, 0) is 53.6 Å². The van der Waals surface area contributed by atoms with E-state index in [-0.39, 0.29) is 0 Å². The van der Waals surface area contributed by atoms with Gasteiger partial charge in [-0.15, -0.1) is 0 Å². The van der Waals surface area contributed by atoms with Crippen molar-refractivity contribution in [2.24, 2.45) is 7.05 Å². The van der Waals surface area contributed by atoms with Gasteiger partial charge in [0, 0.05) is 29.1 Å². The molecule has 2 N–H and O–H groups in total. The number of benzene rings is 4. The predicted octanol–water partition coefficient (Wildman–Crippen LogP) is 8.60. The lowest BCUT2D eigenvalue weighted by Gasteiger charge is -2.12. The summed E-state index contributed by atoms with van der Waals surface area (Å²) in [5, 5.41) is 2.22. The van der Waals surface area contributed by atoms with Crippen LogP contribution in [0.25, 0.3) is 78.5 Å². The van der Waals surface area contributed by atoms with E-state index < -0.39 is 0 Å². The van der Waals surface area contributed by atoms with Crippen molar-refractivity contribution < 1.29 is 4.57 Å². The molecule has 0 amide bonds. The van der Waals surface area contributed by atoms with Gasteiger partial charge in [-0.2, -0.15) is 4.57 Å². The van der Waals surface area contributed by atoms with Crippen molar-refractivity contribution >= 4 is 21.8 Å². The first kappa shape index (κ1) is 24.9. The average molecular weight is 555 g/mol. The maximum absolute atomic E-state index is 5.24. The second-order valence-electron chi connectivity index (χ2n) is 10.7. The number of rotatable bonds is 5. The Bertz CT molecular complexity index is 2090. The number of hydrogen-bond donors (Lipinski definition) is 2. The second kappa shape index (κ2) is 10.2. The van der Waals surface area contributed by atoms with E-state index in [1.165, 1.54) is 0 Å². The summed E-state index contributed by atoms with van der Waals surface area (Å²) in [7, 11) is 2.12. The highest BCUT2D eigenvalue weighted by atomic mass is 15.0. The molecular weight excluding hydrogens is 526 g/mol. The van der Waals surface area contributed by atoms with Crippen LogP contribution in [-0.4, -0.2) is 19.9 Å². The first-order valence-corrected chi connectivity index (χ1v) is 14.4. The van der Waals surface area contributed by atoms with E-state index in [0.29, 0.717) is 5.82 Å². The quantitative estimate of drug-likeness (QED) is 0.165. The molecule has 0 radical (unpaired) electrons. The van der Waals surface area contributed by atoms with E-state index in [1.807, 2.05) is 12.1 Å². The summed E-state index contributed by atoms with van der Waals surface area (Å²) in [6.45, 7) is 0. The highest BCUT2D eigenvalue weighted by Gasteiger charge is 2.22. The maximum Gasteiger partial charge on any atom is 0.213 e. The molecule has 0 aliphatic heterocycles. The van der Waals surface area contributed by atoms with E-state index in [9.17, 15) is 0 Å². The summed E-state index contributed by atoms with van der Waals surface area (Å²) in [6, 6.07) is 48.2. The Hall–Kier alpha value is -5.81. The van der Waals surface area contributed by atoms with Gasteiger partial charge in [0.15, 0.2) is 5.82 Å². The van der Waals surface area contributed by atoms with E-state index in [1.54, 1.807) is 0 Å². The number of H-pyrrole nitrogens is 2. The number of fused-ring (bicyclic) bond motifs is 2. The summed E-state index contributed by atoms with van der Waals surface area (Å²) in [5.74, 6) is 0.687. The van der Waals surface area contributed by atoms with Gasteiger partial charge in [0.2, 0.25) is 11.0 Å². The minimum absolute atomic E-state index is 0.687. The van der Waals surface area contributed by atoms with Crippen LogP contribution in [0, 0.1) is 0 Å². The van der Waals surface area contributed by atoms with Crippen LogP contribution in [0.5, 0.6) is 0 Å². The standard InChI is InChI=1S/C38H28N5/c1-43-35-18-10-8-16-27(35)37(28-17-9-11-19-36(28)43)38-41-33(31-22-20-29(39-31)25-12-4-2-5-13-25)24-34(42-38)32-23-21-30(40-32)26-14-6-3-7-15-26/h2-24,39-40H,1H3/q+1. The predicted molar refractivity (Wildman–Crippen MR) is 174 cm³/mol. The highest BCUT2D eigenvalue weighted by Crippen LogP contribution is 2.35. The zero-order valence-electron chi connectivity index (χ0n) is 23.6. The molecule has 4 aromatic heterocycles. The van der Waals surface area contributed by atoms with E-state index in [2.05, 4.69) is 149 Å². The van der Waals surface area contributed by atoms with Crippen LogP contribution in [0.1, 0.15) is 0 Å². The molecule has 0 spiro atoms. The summed E-state index contributed by atoms with van der Waals surface area (Å²) in [6.07, 6.45) is 0. The third kappa shape index (κ3) is 4.39. The summed E-state index contributed by atoms with van der Waals surface area (Å²) >= 11 is 0. The molecule has 0 fully saturated rings. The largest absolute Gasteiger partial charge is 0.353 e. The number of nitrogens with zero attached hydrogens (tertiary/aromatic N) is 3. The Balaban J connectivity index is 1.37. The van der Waals surface area contributed by atoms with Gasteiger partial charge in [-0.3, -0.25) is 0 Å². The molecule has 0 unspecified atom stereocenters. The van der Waals surface area contributed by atoms with E-state index >= 15 is 0 Å². The fourth-order valence-electron chi connectivity index (χ4n) is 5.97. The van der Waals surface area contributed by atoms with Crippen molar-refractivity contribution in [3.8, 4) is 56.7 Å². The minimum Gasteiger partial charge on any atom is -0.353 e. The van der Waals surface area contributed by atoms with Gasteiger partial charge in [-0.1, -0.05) is 84.9 Å². The maximum atomic E-state index is 5.24. The van der Waals surface area contributed by atoms with Crippen LogP contribution < -0.4 is 4.57 Å². The van der Waals surface area contributed by atoms with Crippen LogP contribution >= 0.6 is 0 Å². The minimum atomic E-state index is 0.687. The van der Waals surface area contributed by atoms with Crippen molar-refractivity contribution in [1.82, 2.24) is 19.9 Å². The van der Waals surface area contributed by atoms with E-state index in [4.69, 9.17) is 9.97 Å². The zero-order chi connectivity index (χ0) is 28.8. The molecule has 5 nitrogen and oxygen atoms in total. The van der Waals surface area contributed by atoms with Crippen molar-refractivity contribution in [1.29, 1.82) is 0 Å². The lowest BCUT2D eigenvalue weighted by Crippen LogP contribution is -2.30. The topological polar surface area (TPSA) is 61.2 Å². The molecule has 4 heterocycles. The Morgan fingerprint density at radius 1 is 0.465 bits per heavy atom. The van der Waals surface area contributed by atoms with Crippen molar-refractivity contribution in [2.45, 2.75) is 0 Å². The molecule has 0 aliphatic carbocycles. The Labute approximate surface area is 249 Å². The molecule has 0 aliphatic rings. The number of aromatic amines is 2. The van der Waals surface area contributed by atoms with Gasteiger partial charge < -0.3 is 9.97 Å². The zero-order valence-corrected chi connectivity index (χ0v) is 23.6. The lowest BCUT2D eigenvalue weighted by atomic mass is 10.0. The van der Waals surface area contributed by atoms with E-state index in [0.717, 1.165) is 72.7 Å². The fourth-order valence-corrected chi connectivity index (χ4v) is 5.97. The number of aryl methyl sites for hydroxylation is 1. The molecule has 4 aromatic carbocycles. The van der Waals surface area contributed by atoms with Crippen LogP contribution in [0.3, 0.4) is 0 Å². The first-order valence-electron chi connectivity index (χ1n) is 14.4. The normalized spacial score (nSPS) is 11.4. The number of pyridine rings is 1. The Morgan fingerprint density at radius 3 is 1.37 bits per heavy atom. The SMILES string of the molecule is C[n+]1c2ccccc2c(-c2nc(-c3ccc(-c4ccccc4)[nH]3)cc(-c3ccc(-c4ccccc4)[nH]3)n2)c2ccccc21. The van der Waals surface area contributed by atoms with Crippen molar-refractivity contribution in [3.63, 3.8) is 0 Å². The molecule has 0 saturated carbocycles. The highest BCUT2D eigenvalue weighted by molar-refractivity contribution is 6.06. The van der Waals surface area contributed by atoms with Gasteiger partial charge >= 0.3 is 0 Å². The molecule has 0 atom stereocenters. The number of nitrogens with one attached hydrogen (secondary N) is 2. The third-order valence-corrected chi connectivity index (χ3v) is 8.11. The smallest absolute Gasteiger partial charge is 0.213 e. The molecule has 5 heteroatoms. The van der Waals surface area contributed by atoms with Gasteiger partial charge in [0.05, 0.1) is 33.5 Å². The molecular formula is C38H28N5+. The van der Waals surface area contributed by atoms with Crippen LogP contribution in [0.15, 0.2) is 140 Å². The van der Waals surface area contributed by atoms with Crippen LogP contribution in [-0.2, 0) is 7.05 Å². The molecule has 8 aromatic rings. The lowest BCUT2D eigenvalue weighted by molar-refractivity contribution is -0.617. The monoisotopic (exact) mass is 554 g/mol. The summed E-state index contributed by atoms with van der Waals surface area (Å²) < 4.78 is 2.24.